The van der Waals surface area contributed by atoms with E-state index >= 15 is 0 Å². The van der Waals surface area contributed by atoms with Gasteiger partial charge in [-0.15, -0.1) is 12.1 Å². The van der Waals surface area contributed by atoms with Gasteiger partial charge < -0.3 is 21.7 Å². The summed E-state index contributed by atoms with van der Waals surface area (Å²) in [7, 11) is 0. The number of benzene rings is 1. The average molecular weight is 283 g/mol. The first kappa shape index (κ1) is 15.2. The minimum Gasteiger partial charge on any atom is -1.00 e. The summed E-state index contributed by atoms with van der Waals surface area (Å²) in [5.74, 6) is 0.0556. The number of hydrogen-bond donors (Lipinski definition) is 0. The summed E-state index contributed by atoms with van der Waals surface area (Å²) in [5.41, 5.74) is 0. The van der Waals surface area contributed by atoms with E-state index in [-0.39, 0.29) is 52.0 Å². The Labute approximate surface area is 116 Å². The van der Waals surface area contributed by atoms with Crippen LogP contribution in [-0.2, 0) is 0 Å². The van der Waals surface area contributed by atoms with Crippen molar-refractivity contribution >= 4 is 23.1 Å². The van der Waals surface area contributed by atoms with Crippen molar-refractivity contribution in [3.8, 4) is 5.75 Å². The quantitative estimate of drug-likeness (QED) is 0.529. The molecular weight excluding hydrogens is 271 g/mol. The molecule has 0 atom stereocenters. The van der Waals surface area contributed by atoms with Crippen molar-refractivity contribution < 1.29 is 26.1 Å². The molecule has 0 heterocycles. The number of rotatable bonds is 2. The second-order valence-corrected chi connectivity index (χ2v) is 3.38. The van der Waals surface area contributed by atoms with Crippen LogP contribution in [0.5, 0.6) is 5.75 Å². The predicted octanol–water partition coefficient (Wildman–Crippen LogP) is -0.430. The van der Waals surface area contributed by atoms with Crippen LogP contribution in [0.3, 0.4) is 0 Å². The van der Waals surface area contributed by atoms with Crippen molar-refractivity contribution in [2.75, 3.05) is 0 Å². The molecule has 15 heavy (non-hydrogen) atoms. The van der Waals surface area contributed by atoms with Crippen molar-refractivity contribution in [3.63, 3.8) is 0 Å². The minimum absolute atomic E-state index is 0. The number of halogens is 2. The number of ether oxygens (including phenoxy) is 1. The van der Waals surface area contributed by atoms with Gasteiger partial charge in [-0.05, 0) is 25.7 Å². The second kappa shape index (κ2) is 7.47. The van der Waals surface area contributed by atoms with Gasteiger partial charge in [0.15, 0.2) is 0 Å². The van der Waals surface area contributed by atoms with Gasteiger partial charge in [-0.3, -0.25) is 4.39 Å². The van der Waals surface area contributed by atoms with E-state index in [1.54, 1.807) is 12.1 Å². The van der Waals surface area contributed by atoms with E-state index in [4.69, 9.17) is 4.74 Å². The topological polar surface area (TPSA) is 9.23 Å². The molecule has 1 fully saturated rings. The summed E-state index contributed by atoms with van der Waals surface area (Å²) in [6.45, 7) is 0. The fourth-order valence-electron chi connectivity index (χ4n) is 1.68. The van der Waals surface area contributed by atoms with Crippen LogP contribution in [0.25, 0.3) is 0 Å². The van der Waals surface area contributed by atoms with Crippen LogP contribution >= 0.6 is 0 Å². The van der Waals surface area contributed by atoms with Gasteiger partial charge in [-0.1, -0.05) is 0 Å². The van der Waals surface area contributed by atoms with E-state index in [1.807, 2.05) is 0 Å². The fraction of sp³-hybridized carbons (Fsp3) is 0.455. The molecule has 1 aromatic rings. The van der Waals surface area contributed by atoms with Crippen LogP contribution < -0.4 is 21.7 Å². The molecule has 4 heteroatoms. The van der Waals surface area contributed by atoms with E-state index in [0.29, 0.717) is 5.75 Å². The predicted molar refractivity (Wildman–Crippen MR) is 53.9 cm³/mol. The smallest absolute Gasteiger partial charge is 1.00 e. The zero-order chi connectivity index (χ0) is 9.10. The van der Waals surface area contributed by atoms with Gasteiger partial charge in [0.05, 0.1) is 6.10 Å². The van der Waals surface area contributed by atoms with Gasteiger partial charge in [0.25, 0.3) is 0 Å². The summed E-state index contributed by atoms with van der Waals surface area (Å²) in [6.07, 6.45) is 4.73. The molecule has 1 aliphatic carbocycles. The normalized spacial score (nSPS) is 15.3. The molecule has 0 aliphatic heterocycles. The molecule has 1 aliphatic rings. The molecule has 0 unspecified atom stereocenters. The third-order valence-electron chi connectivity index (χ3n) is 2.37. The maximum atomic E-state index is 13.1. The van der Waals surface area contributed by atoms with Crippen LogP contribution in [0.4, 0.5) is 4.39 Å². The maximum Gasteiger partial charge on any atom is 2.00 e. The largest absolute Gasteiger partial charge is 2.00 e. The first-order valence-electron chi connectivity index (χ1n) is 4.68. The molecule has 78 valence electrons. The van der Waals surface area contributed by atoms with Crippen LogP contribution in [0.2, 0.25) is 0 Å². The Morgan fingerprint density at radius 1 is 1.33 bits per heavy atom. The summed E-state index contributed by atoms with van der Waals surface area (Å²) >= 11 is 0. The Morgan fingerprint density at radius 2 is 2.00 bits per heavy atom. The molecule has 0 radical (unpaired) electrons. The summed E-state index contributed by atoms with van der Waals surface area (Å²) < 4.78 is 18.6. The maximum absolute atomic E-state index is 13.1. The molecule has 0 saturated heterocycles. The fourth-order valence-corrected chi connectivity index (χ4v) is 1.68. The van der Waals surface area contributed by atoms with Gasteiger partial charge >= 0.3 is 23.1 Å². The molecule has 0 aromatic heterocycles. The summed E-state index contributed by atoms with van der Waals surface area (Å²) in [6, 6.07) is 7.29. The SMILES string of the molecule is Fc1c[c-]ccc1OC1CCCC1.[Br-].[Mg+2]. The monoisotopic (exact) mass is 282 g/mol. The van der Waals surface area contributed by atoms with Crippen LogP contribution in [-0.4, -0.2) is 29.2 Å². The molecule has 0 bridgehead atoms. The Balaban J connectivity index is 0.000000980. The van der Waals surface area contributed by atoms with Gasteiger partial charge in [-0.25, -0.2) is 0 Å². The van der Waals surface area contributed by atoms with Gasteiger partial charge in [-0.2, -0.15) is 12.1 Å². The molecule has 2 rings (SSSR count). The molecule has 1 aromatic carbocycles. The Morgan fingerprint density at radius 3 is 2.60 bits per heavy atom. The summed E-state index contributed by atoms with van der Waals surface area (Å²) in [4.78, 5) is 0. The van der Waals surface area contributed by atoms with Crippen molar-refractivity contribution in [2.24, 2.45) is 0 Å². The molecule has 1 saturated carbocycles. The molecule has 0 amide bonds. The minimum atomic E-state index is -0.311. The van der Waals surface area contributed by atoms with Crippen molar-refractivity contribution in [1.82, 2.24) is 0 Å². The van der Waals surface area contributed by atoms with E-state index in [2.05, 4.69) is 6.07 Å². The van der Waals surface area contributed by atoms with Crippen LogP contribution in [0, 0.1) is 11.9 Å². The first-order valence-corrected chi connectivity index (χ1v) is 4.68. The Bertz CT molecular complexity index is 290. The number of hydrogen-bond acceptors (Lipinski definition) is 1. The Kier molecular flexibility index (Phi) is 7.56. The summed E-state index contributed by atoms with van der Waals surface area (Å²) in [5, 5.41) is 0. The van der Waals surface area contributed by atoms with E-state index in [0.717, 1.165) is 12.8 Å². The third-order valence-corrected chi connectivity index (χ3v) is 2.37. The van der Waals surface area contributed by atoms with Crippen molar-refractivity contribution in [1.29, 1.82) is 0 Å². The molecule has 0 N–H and O–H groups in total. The van der Waals surface area contributed by atoms with Gasteiger partial charge in [0, 0.05) is 11.6 Å². The Hall–Kier alpha value is 0.196. The third kappa shape index (κ3) is 4.29. The molecule has 0 spiro atoms. The zero-order valence-corrected chi connectivity index (χ0v) is 11.5. The van der Waals surface area contributed by atoms with Gasteiger partial charge in [0.2, 0.25) is 0 Å². The van der Waals surface area contributed by atoms with Crippen molar-refractivity contribution in [3.05, 3.63) is 30.1 Å². The van der Waals surface area contributed by atoms with Gasteiger partial charge in [0.1, 0.15) is 0 Å². The van der Waals surface area contributed by atoms with Crippen LogP contribution in [0.1, 0.15) is 25.7 Å². The first-order chi connectivity index (χ1) is 6.36. The molecular formula is C11H12BrFMgO. The molecule has 1 nitrogen and oxygen atoms in total. The van der Waals surface area contributed by atoms with E-state index < -0.39 is 0 Å². The second-order valence-electron chi connectivity index (χ2n) is 3.38. The average Bonchev–Trinajstić information content (AvgIpc) is 2.61. The van der Waals surface area contributed by atoms with Crippen molar-refractivity contribution in [2.45, 2.75) is 31.8 Å². The van der Waals surface area contributed by atoms with Crippen LogP contribution in [0.15, 0.2) is 18.2 Å². The standard InChI is InChI=1S/C11H12FO.BrH.Mg/c12-10-7-3-4-8-11(10)13-9-5-1-2-6-9;;/h4,7-9H,1-2,5-6H2;1H;/q-1;;+2/p-1. The van der Waals surface area contributed by atoms with E-state index in [9.17, 15) is 4.39 Å². The zero-order valence-electron chi connectivity index (χ0n) is 8.51. The van der Waals surface area contributed by atoms with E-state index in [1.165, 1.54) is 18.9 Å².